The molecule has 0 radical (unpaired) electrons. The van der Waals surface area contributed by atoms with Crippen LogP contribution in [0.15, 0.2) is 10.5 Å². The maximum Gasteiger partial charge on any atom is 0.178 e. The minimum atomic E-state index is 0.0260. The molecule has 3 N–H and O–H groups in total. The standard InChI is InChI=1S/C9H12BrNO4/c1-13-6-3-5(4-15-11)8(12)7(10)9(6)14-2/h3,12H,4,11H2,1-2H3. The Balaban J connectivity index is 3.29. The van der Waals surface area contributed by atoms with Gasteiger partial charge >= 0.3 is 0 Å². The summed E-state index contributed by atoms with van der Waals surface area (Å²) in [5.74, 6) is 5.89. The van der Waals surface area contributed by atoms with Crippen molar-refractivity contribution in [3.8, 4) is 17.2 Å². The monoisotopic (exact) mass is 277 g/mol. The Morgan fingerprint density at radius 1 is 1.40 bits per heavy atom. The van der Waals surface area contributed by atoms with Crippen molar-refractivity contribution in [3.05, 3.63) is 16.1 Å². The van der Waals surface area contributed by atoms with Crippen molar-refractivity contribution in [2.45, 2.75) is 6.61 Å². The summed E-state index contributed by atoms with van der Waals surface area (Å²) in [4.78, 5) is 4.46. The first kappa shape index (κ1) is 12.1. The highest BCUT2D eigenvalue weighted by Gasteiger charge is 2.17. The third kappa shape index (κ3) is 2.34. The van der Waals surface area contributed by atoms with Gasteiger partial charge in [-0.05, 0) is 22.0 Å². The fourth-order valence-electron chi connectivity index (χ4n) is 1.19. The molecule has 0 saturated carbocycles. The van der Waals surface area contributed by atoms with Gasteiger partial charge in [0.05, 0.1) is 20.8 Å². The molecule has 1 rings (SSSR count). The van der Waals surface area contributed by atoms with Crippen LogP contribution in [0.3, 0.4) is 0 Å². The molecule has 0 heterocycles. The predicted molar refractivity (Wildman–Crippen MR) is 57.9 cm³/mol. The van der Waals surface area contributed by atoms with Gasteiger partial charge in [-0.15, -0.1) is 0 Å². The van der Waals surface area contributed by atoms with Crippen molar-refractivity contribution in [1.82, 2.24) is 0 Å². The number of hydrogen-bond donors (Lipinski definition) is 2. The fraction of sp³-hybridized carbons (Fsp3) is 0.333. The Bertz CT molecular complexity index is 356. The third-order valence-electron chi connectivity index (χ3n) is 1.90. The second-order valence-electron chi connectivity index (χ2n) is 2.74. The number of phenols is 1. The zero-order valence-corrected chi connectivity index (χ0v) is 10.00. The highest BCUT2D eigenvalue weighted by Crippen LogP contribution is 2.43. The van der Waals surface area contributed by atoms with E-state index in [0.29, 0.717) is 21.5 Å². The highest BCUT2D eigenvalue weighted by molar-refractivity contribution is 9.10. The zero-order chi connectivity index (χ0) is 11.4. The highest BCUT2D eigenvalue weighted by atomic mass is 79.9. The maximum atomic E-state index is 9.74. The van der Waals surface area contributed by atoms with Crippen LogP contribution in [0.1, 0.15) is 5.56 Å². The first-order valence-corrected chi connectivity index (χ1v) is 4.89. The molecule has 0 amide bonds. The topological polar surface area (TPSA) is 73.9 Å². The van der Waals surface area contributed by atoms with Crippen molar-refractivity contribution in [3.63, 3.8) is 0 Å². The van der Waals surface area contributed by atoms with Crippen LogP contribution >= 0.6 is 15.9 Å². The first-order chi connectivity index (χ1) is 7.15. The van der Waals surface area contributed by atoms with Gasteiger partial charge in [0.2, 0.25) is 0 Å². The molecule has 1 aromatic rings. The Kier molecular flexibility index (Phi) is 4.19. The molecular weight excluding hydrogens is 266 g/mol. The number of rotatable bonds is 4. The molecule has 0 saturated heterocycles. The van der Waals surface area contributed by atoms with E-state index in [1.165, 1.54) is 14.2 Å². The van der Waals surface area contributed by atoms with E-state index >= 15 is 0 Å². The Labute approximate surface area is 95.8 Å². The lowest BCUT2D eigenvalue weighted by Crippen LogP contribution is -2.01. The van der Waals surface area contributed by atoms with Crippen LogP contribution < -0.4 is 15.4 Å². The van der Waals surface area contributed by atoms with Gasteiger partial charge in [0.25, 0.3) is 0 Å². The molecule has 0 fully saturated rings. The predicted octanol–water partition coefficient (Wildman–Crippen LogP) is 1.56. The molecule has 0 aromatic heterocycles. The summed E-state index contributed by atoms with van der Waals surface area (Å²) >= 11 is 3.20. The molecule has 0 aliphatic heterocycles. The molecule has 0 bridgehead atoms. The summed E-state index contributed by atoms with van der Waals surface area (Å²) in [5, 5.41) is 9.74. The molecule has 15 heavy (non-hydrogen) atoms. The molecule has 0 aliphatic rings. The van der Waals surface area contributed by atoms with Gasteiger partial charge < -0.3 is 14.6 Å². The molecule has 84 valence electrons. The smallest absolute Gasteiger partial charge is 0.178 e. The van der Waals surface area contributed by atoms with Crippen molar-refractivity contribution in [2.24, 2.45) is 5.90 Å². The number of aromatic hydroxyl groups is 1. The third-order valence-corrected chi connectivity index (χ3v) is 2.64. The van der Waals surface area contributed by atoms with Crippen molar-refractivity contribution in [2.75, 3.05) is 14.2 Å². The zero-order valence-electron chi connectivity index (χ0n) is 8.41. The van der Waals surface area contributed by atoms with Gasteiger partial charge in [0, 0.05) is 5.56 Å². The van der Waals surface area contributed by atoms with Gasteiger partial charge in [0.1, 0.15) is 10.2 Å². The van der Waals surface area contributed by atoms with E-state index in [4.69, 9.17) is 15.4 Å². The Hall–Kier alpha value is -0.980. The van der Waals surface area contributed by atoms with Crippen LogP contribution in [0.25, 0.3) is 0 Å². The lowest BCUT2D eigenvalue weighted by atomic mass is 10.2. The van der Waals surface area contributed by atoms with Crippen molar-refractivity contribution >= 4 is 15.9 Å². The Morgan fingerprint density at radius 3 is 2.53 bits per heavy atom. The summed E-state index contributed by atoms with van der Waals surface area (Å²) in [5.41, 5.74) is 0.516. The molecule has 6 heteroatoms. The number of phenolic OH excluding ortho intramolecular Hbond substituents is 1. The molecular formula is C9H12BrNO4. The van der Waals surface area contributed by atoms with E-state index < -0.39 is 0 Å². The normalized spacial score (nSPS) is 10.1. The summed E-state index contributed by atoms with van der Waals surface area (Å²) in [6.45, 7) is 0.0881. The second-order valence-corrected chi connectivity index (χ2v) is 3.54. The van der Waals surface area contributed by atoms with Crippen LogP contribution in [-0.2, 0) is 11.4 Å². The van der Waals surface area contributed by atoms with Crippen LogP contribution in [-0.4, -0.2) is 19.3 Å². The van der Waals surface area contributed by atoms with Gasteiger partial charge in [-0.1, -0.05) is 0 Å². The number of nitrogens with two attached hydrogens (primary N) is 1. The average molecular weight is 278 g/mol. The lowest BCUT2D eigenvalue weighted by Gasteiger charge is -2.13. The summed E-state index contributed by atoms with van der Waals surface area (Å²) in [6.07, 6.45) is 0. The molecule has 5 nitrogen and oxygen atoms in total. The SMILES string of the molecule is COc1cc(CON)c(O)c(Br)c1OC. The lowest BCUT2D eigenvalue weighted by molar-refractivity contribution is 0.122. The Morgan fingerprint density at radius 2 is 2.07 bits per heavy atom. The van der Waals surface area contributed by atoms with Crippen LogP contribution in [0, 0.1) is 0 Å². The molecule has 0 atom stereocenters. The average Bonchev–Trinajstić information content (AvgIpc) is 2.24. The summed E-state index contributed by atoms with van der Waals surface area (Å²) in [7, 11) is 3.00. The first-order valence-electron chi connectivity index (χ1n) is 4.09. The van der Waals surface area contributed by atoms with Gasteiger partial charge in [-0.2, -0.15) is 0 Å². The molecule has 1 aromatic carbocycles. The molecule has 0 aliphatic carbocycles. The van der Waals surface area contributed by atoms with E-state index in [9.17, 15) is 5.11 Å². The number of halogens is 1. The van der Waals surface area contributed by atoms with E-state index in [1.54, 1.807) is 6.07 Å². The van der Waals surface area contributed by atoms with Crippen molar-refractivity contribution < 1.29 is 19.4 Å². The van der Waals surface area contributed by atoms with E-state index in [-0.39, 0.29) is 12.4 Å². The number of hydrogen-bond acceptors (Lipinski definition) is 5. The minimum Gasteiger partial charge on any atom is -0.506 e. The minimum absolute atomic E-state index is 0.0260. The fourth-order valence-corrected chi connectivity index (χ4v) is 1.80. The quantitative estimate of drug-likeness (QED) is 0.818. The summed E-state index contributed by atoms with van der Waals surface area (Å²) < 4.78 is 10.6. The van der Waals surface area contributed by atoms with Crippen LogP contribution in [0.2, 0.25) is 0 Å². The van der Waals surface area contributed by atoms with Crippen molar-refractivity contribution in [1.29, 1.82) is 0 Å². The molecule has 0 spiro atoms. The number of methoxy groups -OCH3 is 2. The largest absolute Gasteiger partial charge is 0.506 e. The van der Waals surface area contributed by atoms with Crippen LogP contribution in [0.4, 0.5) is 0 Å². The number of ether oxygens (including phenoxy) is 2. The van der Waals surface area contributed by atoms with Gasteiger partial charge in [-0.3, -0.25) is 4.84 Å². The summed E-state index contributed by atoms with van der Waals surface area (Å²) in [6, 6.07) is 1.60. The van der Waals surface area contributed by atoms with Gasteiger partial charge in [-0.25, -0.2) is 5.90 Å². The number of benzene rings is 1. The van der Waals surface area contributed by atoms with Gasteiger partial charge in [0.15, 0.2) is 11.5 Å². The van der Waals surface area contributed by atoms with E-state index in [2.05, 4.69) is 20.8 Å². The maximum absolute atomic E-state index is 9.74. The second kappa shape index (κ2) is 5.20. The van der Waals surface area contributed by atoms with E-state index in [1.807, 2.05) is 0 Å². The van der Waals surface area contributed by atoms with Crippen LogP contribution in [0.5, 0.6) is 17.2 Å². The van der Waals surface area contributed by atoms with E-state index in [0.717, 1.165) is 0 Å². The molecule has 0 unspecified atom stereocenters.